The maximum absolute atomic E-state index is 12.5. The summed E-state index contributed by atoms with van der Waals surface area (Å²) in [4.78, 5) is 28.0. The number of nitrogens with zero attached hydrogens (tertiary/aromatic N) is 5. The Bertz CT molecular complexity index is 970. The van der Waals surface area contributed by atoms with Crippen LogP contribution in [0, 0.1) is 0 Å². The Morgan fingerprint density at radius 1 is 1.14 bits per heavy atom. The lowest BCUT2D eigenvalue weighted by atomic mass is 10.3. The predicted octanol–water partition coefficient (Wildman–Crippen LogP) is 0.264. The Balaban J connectivity index is 1.88. The second kappa shape index (κ2) is 4.62. The van der Waals surface area contributed by atoms with Crippen molar-refractivity contribution in [3.8, 4) is 5.69 Å². The van der Waals surface area contributed by atoms with E-state index in [1.54, 1.807) is 4.68 Å². The highest BCUT2D eigenvalue weighted by atomic mass is 16.2. The molecule has 108 valence electrons. The first-order chi connectivity index (χ1) is 10.7. The van der Waals surface area contributed by atoms with E-state index in [-0.39, 0.29) is 17.9 Å². The van der Waals surface area contributed by atoms with E-state index < -0.39 is 0 Å². The Morgan fingerprint density at radius 3 is 2.68 bits per heavy atom. The first-order valence-corrected chi connectivity index (χ1v) is 6.60. The largest absolute Gasteiger partial charge is 0.273 e. The van der Waals surface area contributed by atoms with E-state index in [0.717, 1.165) is 5.69 Å². The molecule has 0 spiro atoms. The zero-order valence-electron chi connectivity index (χ0n) is 11.3. The number of fused-ring (bicyclic) bond motifs is 1. The summed E-state index contributed by atoms with van der Waals surface area (Å²) in [7, 11) is 0. The maximum atomic E-state index is 12.5. The van der Waals surface area contributed by atoms with E-state index in [2.05, 4.69) is 20.6 Å². The van der Waals surface area contributed by atoms with Crippen LogP contribution in [0.25, 0.3) is 16.7 Å². The van der Waals surface area contributed by atoms with Gasteiger partial charge in [0, 0.05) is 0 Å². The summed E-state index contributed by atoms with van der Waals surface area (Å²) in [5, 5.41) is 8.43. The fourth-order valence-electron chi connectivity index (χ4n) is 2.34. The molecule has 8 nitrogen and oxygen atoms in total. The van der Waals surface area contributed by atoms with Gasteiger partial charge >= 0.3 is 0 Å². The zero-order valence-corrected chi connectivity index (χ0v) is 11.3. The summed E-state index contributed by atoms with van der Waals surface area (Å²) in [5.41, 5.74) is 3.29. The summed E-state index contributed by atoms with van der Waals surface area (Å²) in [5.74, 6) is 0.0823. The Kier molecular flexibility index (Phi) is 2.62. The molecule has 0 saturated heterocycles. The zero-order chi connectivity index (χ0) is 15.1. The maximum Gasteiger partial charge on any atom is 0.270 e. The van der Waals surface area contributed by atoms with Crippen molar-refractivity contribution in [1.82, 2.24) is 24.8 Å². The van der Waals surface area contributed by atoms with E-state index in [9.17, 15) is 9.59 Å². The van der Waals surface area contributed by atoms with E-state index in [1.165, 1.54) is 17.1 Å². The predicted molar refractivity (Wildman–Crippen MR) is 78.7 cm³/mol. The standard InChI is InChI=1S/C14H10N6O2/c21-12-6-11(17-18-12)19-8-15-13-10(14(19)22)7-16-20(13)9-4-2-1-3-5-9/h1-5,7-8H,6H2,(H,18,21). The highest BCUT2D eigenvalue weighted by molar-refractivity contribution is 6.05. The van der Waals surface area contributed by atoms with Crippen LogP contribution in [-0.2, 0) is 4.79 Å². The molecule has 0 aliphatic carbocycles. The van der Waals surface area contributed by atoms with Crippen molar-refractivity contribution < 1.29 is 4.79 Å². The fourth-order valence-corrected chi connectivity index (χ4v) is 2.34. The molecule has 1 N–H and O–H groups in total. The van der Waals surface area contributed by atoms with Crippen LogP contribution < -0.4 is 11.0 Å². The Hall–Kier alpha value is -3.29. The number of hydrogen-bond donors (Lipinski definition) is 1. The van der Waals surface area contributed by atoms with Gasteiger partial charge in [-0.05, 0) is 12.1 Å². The van der Waals surface area contributed by atoms with Gasteiger partial charge in [0.15, 0.2) is 5.65 Å². The SMILES string of the molecule is O=C1CC(n2cnc3c(cnn3-c3ccccc3)c2=O)=NN1. The molecule has 0 saturated carbocycles. The molecule has 4 rings (SSSR count). The van der Waals surface area contributed by atoms with Gasteiger partial charge in [0.1, 0.15) is 17.5 Å². The number of nitrogens with one attached hydrogen (secondary N) is 1. The summed E-state index contributed by atoms with van der Waals surface area (Å²) in [6.07, 6.45) is 2.89. The minimum absolute atomic E-state index is 0.0555. The van der Waals surface area contributed by atoms with E-state index in [1.807, 2.05) is 30.3 Å². The van der Waals surface area contributed by atoms with E-state index >= 15 is 0 Å². The molecule has 3 heterocycles. The Morgan fingerprint density at radius 2 is 1.95 bits per heavy atom. The van der Waals surface area contributed by atoms with Crippen molar-refractivity contribution in [3.63, 3.8) is 0 Å². The van der Waals surface area contributed by atoms with Crippen LogP contribution in [0.4, 0.5) is 0 Å². The first kappa shape index (κ1) is 12.5. The molecular formula is C14H10N6O2. The minimum atomic E-state index is -0.303. The van der Waals surface area contributed by atoms with Crippen molar-refractivity contribution in [2.75, 3.05) is 0 Å². The van der Waals surface area contributed by atoms with Gasteiger partial charge in [-0.25, -0.2) is 15.1 Å². The number of hydrazone groups is 1. The molecule has 8 heteroatoms. The van der Waals surface area contributed by atoms with Crippen molar-refractivity contribution >= 4 is 22.8 Å². The van der Waals surface area contributed by atoms with Gasteiger partial charge in [-0.15, -0.1) is 0 Å². The van der Waals surface area contributed by atoms with Crippen molar-refractivity contribution in [2.24, 2.45) is 5.10 Å². The van der Waals surface area contributed by atoms with Gasteiger partial charge < -0.3 is 0 Å². The molecule has 0 atom stereocenters. The van der Waals surface area contributed by atoms with Crippen LogP contribution in [0.1, 0.15) is 6.42 Å². The summed E-state index contributed by atoms with van der Waals surface area (Å²) in [6.45, 7) is 0. The number of rotatable bonds is 1. The highest BCUT2D eigenvalue weighted by Gasteiger charge is 2.19. The van der Waals surface area contributed by atoms with Gasteiger partial charge in [-0.1, -0.05) is 18.2 Å². The van der Waals surface area contributed by atoms with E-state index in [0.29, 0.717) is 16.9 Å². The van der Waals surface area contributed by atoms with Gasteiger partial charge in [0.25, 0.3) is 5.56 Å². The number of aromatic nitrogens is 4. The molecule has 0 radical (unpaired) electrons. The van der Waals surface area contributed by atoms with Gasteiger partial charge in [0.2, 0.25) is 5.91 Å². The monoisotopic (exact) mass is 294 g/mol. The highest BCUT2D eigenvalue weighted by Crippen LogP contribution is 2.13. The van der Waals surface area contributed by atoms with Gasteiger partial charge in [0.05, 0.1) is 18.3 Å². The molecular weight excluding hydrogens is 284 g/mol. The first-order valence-electron chi connectivity index (χ1n) is 6.60. The smallest absolute Gasteiger partial charge is 0.270 e. The molecule has 1 amide bonds. The molecule has 0 unspecified atom stereocenters. The second-order valence-electron chi connectivity index (χ2n) is 4.79. The molecule has 1 aliphatic rings. The average molecular weight is 294 g/mol. The molecule has 2 aromatic heterocycles. The molecule has 0 fully saturated rings. The average Bonchev–Trinajstić information content (AvgIpc) is 3.15. The van der Waals surface area contributed by atoms with Gasteiger partial charge in [-0.2, -0.15) is 10.2 Å². The number of hydrogen-bond acceptors (Lipinski definition) is 5. The molecule has 22 heavy (non-hydrogen) atoms. The topological polar surface area (TPSA) is 94.2 Å². The summed E-state index contributed by atoms with van der Waals surface area (Å²) < 4.78 is 2.86. The van der Waals surface area contributed by atoms with Gasteiger partial charge in [-0.3, -0.25) is 14.2 Å². The number of amides is 1. The van der Waals surface area contributed by atoms with Crippen LogP contribution in [0.15, 0.2) is 52.8 Å². The van der Waals surface area contributed by atoms with Crippen LogP contribution in [0.2, 0.25) is 0 Å². The third kappa shape index (κ3) is 1.81. The molecule has 1 aliphatic heterocycles. The lowest BCUT2D eigenvalue weighted by Crippen LogP contribution is -2.26. The number of para-hydroxylation sites is 1. The number of benzene rings is 1. The third-order valence-corrected chi connectivity index (χ3v) is 3.40. The quantitative estimate of drug-likeness (QED) is 0.696. The lowest BCUT2D eigenvalue weighted by molar-refractivity contribution is -0.119. The van der Waals surface area contributed by atoms with Crippen molar-refractivity contribution in [2.45, 2.75) is 6.42 Å². The van der Waals surface area contributed by atoms with E-state index in [4.69, 9.17) is 0 Å². The normalized spacial score (nSPS) is 14.2. The number of carbonyl (C=O) groups excluding carboxylic acids is 1. The molecule has 3 aromatic rings. The summed E-state index contributed by atoms with van der Waals surface area (Å²) >= 11 is 0. The van der Waals surface area contributed by atoms with Crippen LogP contribution >= 0.6 is 0 Å². The molecule has 0 bridgehead atoms. The van der Waals surface area contributed by atoms with Crippen LogP contribution in [0.3, 0.4) is 0 Å². The minimum Gasteiger partial charge on any atom is -0.273 e. The molecule has 1 aromatic carbocycles. The van der Waals surface area contributed by atoms with Crippen LogP contribution in [-0.4, -0.2) is 31.1 Å². The summed E-state index contributed by atoms with van der Waals surface area (Å²) in [6, 6.07) is 9.42. The van der Waals surface area contributed by atoms with Crippen molar-refractivity contribution in [3.05, 3.63) is 53.2 Å². The fraction of sp³-hybridized carbons (Fsp3) is 0.0714. The third-order valence-electron chi connectivity index (χ3n) is 3.40. The Labute approximate surface area is 123 Å². The lowest BCUT2D eigenvalue weighted by Gasteiger charge is -2.04. The van der Waals surface area contributed by atoms with Crippen LogP contribution in [0.5, 0.6) is 0 Å². The van der Waals surface area contributed by atoms with Crippen molar-refractivity contribution in [1.29, 1.82) is 0 Å². The number of carbonyl (C=O) groups is 1. The second-order valence-corrected chi connectivity index (χ2v) is 4.79.